The number of unbranched alkanes of at least 4 members (excludes halogenated alkanes) is 9. The van der Waals surface area contributed by atoms with Gasteiger partial charge in [-0.05, 0) is 12.0 Å². The third kappa shape index (κ3) is 13.4. The van der Waals surface area contributed by atoms with E-state index in [4.69, 9.17) is 4.18 Å². The predicted molar refractivity (Wildman–Crippen MR) is 98.0 cm³/mol. The zero-order chi connectivity index (χ0) is 16.8. The molecule has 0 fully saturated rings. The molecule has 0 spiro atoms. The Labute approximate surface area is 172 Å². The van der Waals surface area contributed by atoms with Crippen molar-refractivity contribution in [1.82, 2.24) is 0 Å². The zero-order valence-corrected chi connectivity index (χ0v) is 18.3. The molecule has 0 saturated heterocycles. The normalized spacial score (nSPS) is 11.2. The molecule has 0 N–H and O–H groups in total. The summed E-state index contributed by atoms with van der Waals surface area (Å²) in [7, 11) is -3.39. The van der Waals surface area contributed by atoms with E-state index in [1.54, 1.807) is 0 Å². The molecular formula is C19H33NaO3S. The first-order chi connectivity index (χ1) is 11.1. The van der Waals surface area contributed by atoms with E-state index in [9.17, 15) is 8.42 Å². The van der Waals surface area contributed by atoms with Crippen molar-refractivity contribution < 1.29 is 43.6 Å². The van der Waals surface area contributed by atoms with Crippen LogP contribution < -0.4 is 29.6 Å². The second kappa shape index (κ2) is 15.4. The van der Waals surface area contributed by atoms with Crippen LogP contribution in [0, 0.1) is 0 Å². The summed E-state index contributed by atoms with van der Waals surface area (Å²) in [5, 5.41) is 0. The average molecular weight is 365 g/mol. The van der Waals surface area contributed by atoms with Crippen molar-refractivity contribution in [2.24, 2.45) is 0 Å². The van der Waals surface area contributed by atoms with Crippen LogP contribution in [0.1, 0.15) is 78.1 Å². The fourth-order valence-corrected chi connectivity index (χ4v) is 3.55. The van der Waals surface area contributed by atoms with E-state index < -0.39 is 10.1 Å². The van der Waals surface area contributed by atoms with Crippen LogP contribution in [0.4, 0.5) is 0 Å². The number of hydrogen-bond donors (Lipinski definition) is 0. The maximum absolute atomic E-state index is 11.8. The monoisotopic (exact) mass is 364 g/mol. The molecule has 1 aromatic carbocycles. The summed E-state index contributed by atoms with van der Waals surface area (Å²) in [4.78, 5) is 0. The van der Waals surface area contributed by atoms with Gasteiger partial charge in [0.1, 0.15) is 0 Å². The summed E-state index contributed by atoms with van der Waals surface area (Å²) in [6, 6.07) is 9.41. The molecule has 0 aliphatic carbocycles. The summed E-state index contributed by atoms with van der Waals surface area (Å²) in [6.07, 6.45) is 12.0. The Bertz CT molecular complexity index is 495. The van der Waals surface area contributed by atoms with Gasteiger partial charge in [0, 0.05) is 0 Å². The summed E-state index contributed by atoms with van der Waals surface area (Å²) in [5.74, 6) is 0.135. The molecule has 0 aromatic heterocycles. The molecule has 5 heteroatoms. The molecule has 0 saturated carbocycles. The van der Waals surface area contributed by atoms with E-state index in [1.807, 2.05) is 30.3 Å². The van der Waals surface area contributed by atoms with E-state index in [0.717, 1.165) is 18.4 Å². The molecule has 0 radical (unpaired) electrons. The van der Waals surface area contributed by atoms with Crippen molar-refractivity contribution >= 4 is 10.1 Å². The molecule has 0 unspecified atom stereocenters. The van der Waals surface area contributed by atoms with E-state index in [2.05, 4.69) is 6.92 Å². The first-order valence-corrected chi connectivity index (χ1v) is 10.6. The van der Waals surface area contributed by atoms with E-state index in [-0.39, 0.29) is 43.3 Å². The number of benzene rings is 1. The Hall–Kier alpha value is 0.130. The Kier molecular flexibility index (Phi) is 15.5. The standard InChI is InChI=1S/C19H32O3S.Na.H/c1-2-3-4-5-6-7-8-9-10-14-17-23(20,21)22-18-19-15-12-11-13-16-19;;/h11-13,15-16H,2-10,14,17-18H2,1H3;;/q;+1;-1. The van der Waals surface area contributed by atoms with Gasteiger partial charge >= 0.3 is 29.6 Å². The maximum Gasteiger partial charge on any atom is 1.00 e. The molecule has 0 atom stereocenters. The van der Waals surface area contributed by atoms with Crippen molar-refractivity contribution in [1.29, 1.82) is 0 Å². The SMILES string of the molecule is CCCCCCCCCCCCS(=O)(=O)OCc1ccccc1.[H-].[Na+]. The molecule has 3 nitrogen and oxygen atoms in total. The minimum Gasteiger partial charge on any atom is -1.00 e. The van der Waals surface area contributed by atoms with Crippen LogP contribution in [-0.4, -0.2) is 14.2 Å². The fourth-order valence-electron chi connectivity index (χ4n) is 2.56. The Morgan fingerprint density at radius 3 is 1.88 bits per heavy atom. The second-order valence-corrected chi connectivity index (χ2v) is 7.95. The van der Waals surface area contributed by atoms with Crippen LogP contribution in [0.2, 0.25) is 0 Å². The van der Waals surface area contributed by atoms with Crippen LogP contribution in [0.15, 0.2) is 30.3 Å². The van der Waals surface area contributed by atoms with Crippen LogP contribution in [-0.2, 0) is 20.9 Å². The van der Waals surface area contributed by atoms with Crippen molar-refractivity contribution in [3.63, 3.8) is 0 Å². The zero-order valence-electron chi connectivity index (χ0n) is 16.5. The minimum atomic E-state index is -3.39. The van der Waals surface area contributed by atoms with E-state index in [0.29, 0.717) is 6.42 Å². The maximum atomic E-state index is 11.8. The summed E-state index contributed by atoms with van der Waals surface area (Å²) in [5.41, 5.74) is 0.888. The summed E-state index contributed by atoms with van der Waals surface area (Å²) < 4.78 is 28.7. The Balaban J connectivity index is 0. The predicted octanol–water partition coefficient (Wildman–Crippen LogP) is 2.57. The Morgan fingerprint density at radius 1 is 0.833 bits per heavy atom. The molecular weight excluding hydrogens is 331 g/mol. The van der Waals surface area contributed by atoms with Gasteiger partial charge in [-0.15, -0.1) is 0 Å². The van der Waals surface area contributed by atoms with E-state index in [1.165, 1.54) is 44.9 Å². The van der Waals surface area contributed by atoms with Gasteiger partial charge in [-0.1, -0.05) is 95.0 Å². The van der Waals surface area contributed by atoms with Gasteiger partial charge in [0.05, 0.1) is 12.4 Å². The molecule has 1 aromatic rings. The fraction of sp³-hybridized carbons (Fsp3) is 0.684. The smallest absolute Gasteiger partial charge is 1.00 e. The molecule has 1 rings (SSSR count). The third-order valence-electron chi connectivity index (χ3n) is 4.00. The average Bonchev–Trinajstić information content (AvgIpc) is 2.56. The summed E-state index contributed by atoms with van der Waals surface area (Å²) >= 11 is 0. The van der Waals surface area contributed by atoms with Crippen LogP contribution in [0.25, 0.3) is 0 Å². The molecule has 24 heavy (non-hydrogen) atoms. The van der Waals surface area contributed by atoms with Crippen LogP contribution >= 0.6 is 0 Å². The van der Waals surface area contributed by atoms with Gasteiger partial charge in [-0.25, -0.2) is 0 Å². The van der Waals surface area contributed by atoms with Crippen LogP contribution in [0.5, 0.6) is 0 Å². The topological polar surface area (TPSA) is 43.4 Å². The third-order valence-corrected chi connectivity index (χ3v) is 5.26. The molecule has 134 valence electrons. The van der Waals surface area contributed by atoms with Gasteiger partial charge in [-0.2, -0.15) is 8.42 Å². The first kappa shape index (κ1) is 24.1. The van der Waals surface area contributed by atoms with Gasteiger partial charge in [0.2, 0.25) is 0 Å². The van der Waals surface area contributed by atoms with Crippen molar-refractivity contribution in [2.75, 3.05) is 5.75 Å². The van der Waals surface area contributed by atoms with Gasteiger partial charge in [-0.3, -0.25) is 4.18 Å². The van der Waals surface area contributed by atoms with Gasteiger partial charge in [0.25, 0.3) is 10.1 Å². The second-order valence-electron chi connectivity index (χ2n) is 6.19. The van der Waals surface area contributed by atoms with Crippen molar-refractivity contribution in [2.45, 2.75) is 77.7 Å². The quantitative estimate of drug-likeness (QED) is 0.289. The van der Waals surface area contributed by atoms with E-state index >= 15 is 0 Å². The van der Waals surface area contributed by atoms with Crippen LogP contribution in [0.3, 0.4) is 0 Å². The molecule has 0 aliphatic rings. The van der Waals surface area contributed by atoms with Crippen molar-refractivity contribution in [3.8, 4) is 0 Å². The Morgan fingerprint density at radius 2 is 1.33 bits per heavy atom. The number of rotatable bonds is 14. The molecule has 0 aliphatic heterocycles. The van der Waals surface area contributed by atoms with Crippen molar-refractivity contribution in [3.05, 3.63) is 35.9 Å². The summed E-state index contributed by atoms with van der Waals surface area (Å²) in [6.45, 7) is 2.37. The van der Waals surface area contributed by atoms with Gasteiger partial charge < -0.3 is 1.43 Å². The number of hydrogen-bond acceptors (Lipinski definition) is 3. The first-order valence-electron chi connectivity index (χ1n) is 9.05. The van der Waals surface area contributed by atoms with Gasteiger partial charge in [0.15, 0.2) is 0 Å². The molecule has 0 heterocycles. The minimum absolute atomic E-state index is 0. The largest absolute Gasteiger partial charge is 1.00 e. The molecule has 0 bridgehead atoms. The molecule has 0 amide bonds.